The molecule has 0 spiro atoms. The Morgan fingerprint density at radius 1 is 1.18 bits per heavy atom. The highest BCUT2D eigenvalue weighted by Gasteiger charge is 2.13. The summed E-state index contributed by atoms with van der Waals surface area (Å²) in [6, 6.07) is 0. The number of unbranched alkanes of at least 4 members (excludes halogenated alkanes) is 1. The van der Waals surface area contributed by atoms with Crippen molar-refractivity contribution in [2.75, 3.05) is 0 Å². The quantitative estimate of drug-likeness (QED) is 0.380. The van der Waals surface area contributed by atoms with Crippen LogP contribution < -0.4 is 0 Å². The van der Waals surface area contributed by atoms with E-state index in [2.05, 4.69) is 32.1 Å². The van der Waals surface area contributed by atoms with Gasteiger partial charge in [-0.1, -0.05) is 23.8 Å². The fourth-order valence-electron chi connectivity index (χ4n) is 2.06. The molecule has 0 heterocycles. The average Bonchev–Trinajstić information content (AvgIpc) is 2.34. The molecule has 1 aliphatic rings. The maximum Gasteiger partial charge on any atom is 0.184 e. The summed E-state index contributed by atoms with van der Waals surface area (Å²) >= 11 is 0. The number of rotatable bonds is 5. The van der Waals surface area contributed by atoms with Gasteiger partial charge < -0.3 is 0 Å². The van der Waals surface area contributed by atoms with Gasteiger partial charge in [-0.15, -0.1) is 0 Å². The van der Waals surface area contributed by atoms with Crippen LogP contribution >= 0.6 is 0 Å². The first-order valence-electron chi connectivity index (χ1n) is 6.65. The van der Waals surface area contributed by atoms with Crippen LogP contribution in [0.1, 0.15) is 59.3 Å². The first-order valence-corrected chi connectivity index (χ1v) is 6.65. The van der Waals surface area contributed by atoms with Crippen LogP contribution in [-0.2, 0) is 4.79 Å². The highest BCUT2D eigenvalue weighted by molar-refractivity contribution is 6.07. The van der Waals surface area contributed by atoms with Gasteiger partial charge in [0.15, 0.2) is 5.78 Å². The molecule has 0 saturated heterocycles. The summed E-state index contributed by atoms with van der Waals surface area (Å²) in [5, 5.41) is 0. The lowest BCUT2D eigenvalue weighted by atomic mass is 9.93. The second-order valence-electron chi connectivity index (χ2n) is 5.05. The van der Waals surface area contributed by atoms with Crippen LogP contribution in [0.5, 0.6) is 0 Å². The largest absolute Gasteiger partial charge is 0.289 e. The minimum Gasteiger partial charge on any atom is -0.289 e. The zero-order chi connectivity index (χ0) is 12.7. The smallest absolute Gasteiger partial charge is 0.184 e. The molecule has 1 aliphatic carbocycles. The van der Waals surface area contributed by atoms with Crippen molar-refractivity contribution in [3.63, 3.8) is 0 Å². The Morgan fingerprint density at radius 2 is 1.88 bits per heavy atom. The average molecular weight is 232 g/mol. The van der Waals surface area contributed by atoms with E-state index in [9.17, 15) is 4.79 Å². The van der Waals surface area contributed by atoms with Crippen LogP contribution in [0, 0.1) is 0 Å². The van der Waals surface area contributed by atoms with Crippen molar-refractivity contribution < 1.29 is 4.79 Å². The van der Waals surface area contributed by atoms with Crippen LogP contribution in [0.2, 0.25) is 0 Å². The summed E-state index contributed by atoms with van der Waals surface area (Å²) < 4.78 is 0. The van der Waals surface area contributed by atoms with E-state index in [0.29, 0.717) is 0 Å². The Labute approximate surface area is 105 Å². The zero-order valence-electron chi connectivity index (χ0n) is 11.4. The van der Waals surface area contributed by atoms with E-state index in [4.69, 9.17) is 0 Å². The van der Waals surface area contributed by atoms with E-state index in [1.165, 1.54) is 18.4 Å². The molecule has 0 amide bonds. The third-order valence-corrected chi connectivity index (χ3v) is 3.11. The molecule has 0 radical (unpaired) electrons. The molecule has 0 aromatic heterocycles. The van der Waals surface area contributed by atoms with Crippen LogP contribution in [0.25, 0.3) is 0 Å². The van der Waals surface area contributed by atoms with Gasteiger partial charge in [0.1, 0.15) is 0 Å². The number of hydrogen-bond acceptors (Lipinski definition) is 1. The number of hydrogen-bond donors (Lipinski definition) is 0. The Kier molecular flexibility index (Phi) is 5.96. The SMILES string of the molecule is CC(C)=CCC/C=C(\C)C(=O)C1=CCCCC1. The Bertz CT molecular complexity index is 352. The summed E-state index contributed by atoms with van der Waals surface area (Å²) in [6.45, 7) is 6.16. The zero-order valence-corrected chi connectivity index (χ0v) is 11.4. The molecule has 0 unspecified atom stereocenters. The van der Waals surface area contributed by atoms with Gasteiger partial charge in [0, 0.05) is 0 Å². The molecule has 0 N–H and O–H groups in total. The molecule has 94 valence electrons. The maximum absolute atomic E-state index is 12.1. The lowest BCUT2D eigenvalue weighted by Gasteiger charge is -2.11. The third kappa shape index (κ3) is 5.16. The lowest BCUT2D eigenvalue weighted by molar-refractivity contribution is -0.112. The highest BCUT2D eigenvalue weighted by Crippen LogP contribution is 2.20. The van der Waals surface area contributed by atoms with Gasteiger partial charge in [-0.2, -0.15) is 0 Å². The Hall–Kier alpha value is -1.11. The maximum atomic E-state index is 12.1. The minimum atomic E-state index is 0.266. The molecule has 0 saturated carbocycles. The standard InChI is InChI=1S/C16H24O/c1-13(2)9-7-8-10-14(3)16(17)15-11-5-4-6-12-15/h9-11H,4-8,12H2,1-3H3/b14-10+. The molecular weight excluding hydrogens is 208 g/mol. The van der Waals surface area contributed by atoms with Crippen LogP contribution in [-0.4, -0.2) is 5.78 Å². The Morgan fingerprint density at radius 3 is 2.47 bits per heavy atom. The van der Waals surface area contributed by atoms with Crippen molar-refractivity contribution in [1.29, 1.82) is 0 Å². The summed E-state index contributed by atoms with van der Waals surface area (Å²) in [4.78, 5) is 12.1. The summed E-state index contributed by atoms with van der Waals surface area (Å²) in [5.41, 5.74) is 3.30. The van der Waals surface area contributed by atoms with Crippen LogP contribution in [0.4, 0.5) is 0 Å². The van der Waals surface area contributed by atoms with E-state index >= 15 is 0 Å². The summed E-state index contributed by atoms with van der Waals surface area (Å²) in [5.74, 6) is 0.266. The predicted octanol–water partition coefficient (Wildman–Crippen LogP) is 4.75. The monoisotopic (exact) mass is 232 g/mol. The van der Waals surface area contributed by atoms with E-state index in [0.717, 1.165) is 36.8 Å². The summed E-state index contributed by atoms with van der Waals surface area (Å²) in [6.07, 6.45) is 12.9. The first-order chi connectivity index (χ1) is 8.11. The molecule has 0 aliphatic heterocycles. The molecule has 1 nitrogen and oxygen atoms in total. The second kappa shape index (κ2) is 7.26. The molecule has 0 fully saturated rings. The number of ketones is 1. The van der Waals surface area contributed by atoms with Crippen molar-refractivity contribution in [3.8, 4) is 0 Å². The van der Waals surface area contributed by atoms with E-state index in [1.807, 2.05) is 6.92 Å². The minimum absolute atomic E-state index is 0.266. The fraction of sp³-hybridized carbons (Fsp3) is 0.562. The fourth-order valence-corrected chi connectivity index (χ4v) is 2.06. The van der Waals surface area contributed by atoms with Crippen molar-refractivity contribution >= 4 is 5.78 Å². The number of carbonyl (C=O) groups excluding carboxylic acids is 1. The van der Waals surface area contributed by atoms with Crippen LogP contribution in [0.15, 0.2) is 34.9 Å². The molecule has 0 bridgehead atoms. The topological polar surface area (TPSA) is 17.1 Å². The Balaban J connectivity index is 2.48. The van der Waals surface area contributed by atoms with Gasteiger partial charge in [-0.25, -0.2) is 0 Å². The van der Waals surface area contributed by atoms with Crippen LogP contribution in [0.3, 0.4) is 0 Å². The van der Waals surface area contributed by atoms with E-state index < -0.39 is 0 Å². The molecule has 0 atom stereocenters. The third-order valence-electron chi connectivity index (χ3n) is 3.11. The highest BCUT2D eigenvalue weighted by atomic mass is 16.1. The number of carbonyl (C=O) groups is 1. The summed E-state index contributed by atoms with van der Waals surface area (Å²) in [7, 11) is 0. The van der Waals surface area contributed by atoms with Crippen molar-refractivity contribution in [2.24, 2.45) is 0 Å². The number of allylic oxidation sites excluding steroid dienone is 6. The normalized spacial score (nSPS) is 16.4. The molecular formula is C16H24O. The van der Waals surface area contributed by atoms with E-state index in [-0.39, 0.29) is 5.78 Å². The number of Topliss-reactive ketones (excluding diaryl/α,β-unsaturated/α-hetero) is 1. The molecule has 1 rings (SSSR count). The first kappa shape index (κ1) is 14.0. The van der Waals surface area contributed by atoms with Gasteiger partial charge >= 0.3 is 0 Å². The molecule has 17 heavy (non-hydrogen) atoms. The molecule has 0 aromatic carbocycles. The van der Waals surface area contributed by atoms with Crippen molar-refractivity contribution in [1.82, 2.24) is 0 Å². The lowest BCUT2D eigenvalue weighted by Crippen LogP contribution is -2.06. The van der Waals surface area contributed by atoms with Gasteiger partial charge in [0.2, 0.25) is 0 Å². The second-order valence-corrected chi connectivity index (χ2v) is 5.05. The van der Waals surface area contributed by atoms with Gasteiger partial charge in [0.05, 0.1) is 0 Å². The van der Waals surface area contributed by atoms with Gasteiger partial charge in [-0.3, -0.25) is 4.79 Å². The van der Waals surface area contributed by atoms with E-state index in [1.54, 1.807) is 0 Å². The van der Waals surface area contributed by atoms with Crippen molar-refractivity contribution in [3.05, 3.63) is 34.9 Å². The van der Waals surface area contributed by atoms with Gasteiger partial charge in [-0.05, 0) is 70.4 Å². The van der Waals surface area contributed by atoms with Crippen molar-refractivity contribution in [2.45, 2.75) is 59.3 Å². The molecule has 1 heteroatoms. The predicted molar refractivity (Wildman–Crippen MR) is 74.0 cm³/mol. The van der Waals surface area contributed by atoms with Gasteiger partial charge in [0.25, 0.3) is 0 Å². The molecule has 0 aromatic rings.